The van der Waals surface area contributed by atoms with Crippen molar-refractivity contribution < 1.29 is 0 Å². The van der Waals surface area contributed by atoms with Crippen LogP contribution in [-0.4, -0.2) is 8.07 Å². The van der Waals surface area contributed by atoms with Crippen LogP contribution >= 0.6 is 0 Å². The minimum absolute atomic E-state index is 0.0786. The molecule has 9 aromatic carbocycles. The summed E-state index contributed by atoms with van der Waals surface area (Å²) in [4.78, 5) is 0. The van der Waals surface area contributed by atoms with Crippen LogP contribution in [0.25, 0.3) is 77.2 Å². The first-order valence-electron chi connectivity index (χ1n) is 20.1. The number of hydrogen-bond acceptors (Lipinski definition) is 0. The third-order valence-electron chi connectivity index (χ3n) is 13.7. The van der Waals surface area contributed by atoms with Crippen LogP contribution in [0.4, 0.5) is 0 Å². The Balaban J connectivity index is 1.16. The lowest BCUT2D eigenvalue weighted by atomic mass is 9.80. The van der Waals surface area contributed by atoms with Crippen LogP contribution in [0.2, 0.25) is 0 Å². The van der Waals surface area contributed by atoms with Crippen LogP contribution in [0.1, 0.15) is 36.1 Å². The van der Waals surface area contributed by atoms with E-state index < -0.39 is 8.07 Å². The summed E-state index contributed by atoms with van der Waals surface area (Å²) in [6.07, 6.45) is 0. The van der Waals surface area contributed by atoms with Gasteiger partial charge < -0.3 is 0 Å². The van der Waals surface area contributed by atoms with E-state index in [9.17, 15) is 0 Å². The minimum Gasteiger partial charge on any atom is -0.0623 e. The maximum absolute atomic E-state index is 2.56. The molecule has 0 N–H and O–H groups in total. The van der Waals surface area contributed by atoms with E-state index in [1.807, 2.05) is 0 Å². The highest BCUT2D eigenvalue weighted by molar-refractivity contribution is 7.05. The molecule has 0 nitrogen and oxygen atoms in total. The maximum atomic E-state index is 2.56. The molecular weight excluding hydrogens is 689 g/mol. The molecule has 0 fully saturated rings. The topological polar surface area (TPSA) is 0 Å². The molecule has 1 heteroatoms. The van der Waals surface area contributed by atoms with Crippen LogP contribution in [0.3, 0.4) is 0 Å². The van der Waals surface area contributed by atoms with Gasteiger partial charge in [-0.25, -0.2) is 0 Å². The van der Waals surface area contributed by atoms with Gasteiger partial charge in [0.2, 0.25) is 0 Å². The van der Waals surface area contributed by atoms with Crippen molar-refractivity contribution in [3.63, 3.8) is 0 Å². The van der Waals surface area contributed by atoms with E-state index in [0.29, 0.717) is 0 Å². The summed E-state index contributed by atoms with van der Waals surface area (Å²) in [5, 5.41) is 8.42. The Kier molecular flexibility index (Phi) is 6.64. The highest BCUT2D eigenvalue weighted by Crippen LogP contribution is 2.55. The first-order chi connectivity index (χ1) is 27.5. The number of rotatable bonds is 3. The zero-order valence-electron chi connectivity index (χ0n) is 31.7. The van der Waals surface area contributed by atoms with Gasteiger partial charge in [-0.3, -0.25) is 0 Å². The Morgan fingerprint density at radius 2 is 0.946 bits per heavy atom. The molecule has 0 unspecified atom stereocenters. The zero-order valence-corrected chi connectivity index (χ0v) is 32.7. The van der Waals surface area contributed by atoms with Gasteiger partial charge in [0.25, 0.3) is 0 Å². The van der Waals surface area contributed by atoms with Gasteiger partial charge in [0.1, 0.15) is 8.07 Å². The van der Waals surface area contributed by atoms with Crippen LogP contribution in [0.5, 0.6) is 0 Å². The number of fused-ring (bicyclic) bond motifs is 11. The van der Waals surface area contributed by atoms with Crippen LogP contribution in [0.15, 0.2) is 182 Å². The highest BCUT2D eigenvalue weighted by Gasteiger charge is 2.49. The van der Waals surface area contributed by atoms with Crippen molar-refractivity contribution >= 4 is 40.0 Å². The van der Waals surface area contributed by atoms with Crippen molar-refractivity contribution in [2.75, 3.05) is 0 Å². The summed E-state index contributed by atoms with van der Waals surface area (Å²) in [6, 6.07) is 71.9. The molecule has 1 aliphatic carbocycles. The van der Waals surface area contributed by atoms with Gasteiger partial charge in [-0.05, 0) is 134 Å². The largest absolute Gasteiger partial charge is 0.128 e. The second-order valence-corrected chi connectivity index (χ2v) is 20.8. The van der Waals surface area contributed by atoms with Crippen molar-refractivity contribution in [2.24, 2.45) is 0 Å². The minimum atomic E-state index is -2.00. The predicted octanol–water partition coefficient (Wildman–Crippen LogP) is 12.7. The standard InChI is InChI=1S/C55H40Si/c1-55(2)48-24-12-10-22-44(48)54-45(23-14-25-49(54)55)53-42-21-9-8-20-41(42)52(43-29-27-36(31-47(43)53)35-15-4-3-5-16-35)37-28-30-51-46(32-37)40-19-11-13-26-50(40)56(51)33-38-17-6-7-18-39(38)34-56/h3-32H,33-34H2,1-2H3. The van der Waals surface area contributed by atoms with E-state index in [-0.39, 0.29) is 5.41 Å². The fourth-order valence-corrected chi connectivity index (χ4v) is 16.6. The van der Waals surface area contributed by atoms with E-state index in [2.05, 4.69) is 196 Å². The Hall–Kier alpha value is -6.28. The van der Waals surface area contributed by atoms with E-state index in [4.69, 9.17) is 0 Å². The van der Waals surface area contributed by atoms with Gasteiger partial charge in [0.05, 0.1) is 0 Å². The molecule has 3 aliphatic rings. The van der Waals surface area contributed by atoms with E-state index >= 15 is 0 Å². The average Bonchev–Trinajstić information content (AvgIpc) is 3.85. The van der Waals surface area contributed by atoms with E-state index in [0.717, 1.165) is 0 Å². The second kappa shape index (κ2) is 11.6. The van der Waals surface area contributed by atoms with Gasteiger partial charge in [-0.15, -0.1) is 0 Å². The fraction of sp³-hybridized carbons (Fsp3) is 0.0909. The van der Waals surface area contributed by atoms with Crippen molar-refractivity contribution in [1.29, 1.82) is 0 Å². The Morgan fingerprint density at radius 1 is 0.357 bits per heavy atom. The highest BCUT2D eigenvalue weighted by atomic mass is 28.3. The molecule has 0 amide bonds. The molecule has 2 aliphatic heterocycles. The predicted molar refractivity (Wildman–Crippen MR) is 240 cm³/mol. The SMILES string of the molecule is CC1(C)c2ccccc2-c2c(-c3c4ccccc4c(-c4ccc5c(c4)-c4ccccc4[Si]54Cc5ccccc5C4)c4ccc(-c5ccccc5)cc34)cccc21. The molecule has 264 valence electrons. The average molecular weight is 729 g/mol. The third kappa shape index (κ3) is 4.29. The van der Waals surface area contributed by atoms with Gasteiger partial charge >= 0.3 is 0 Å². The lowest BCUT2D eigenvalue weighted by molar-refractivity contribution is 0.660. The lowest BCUT2D eigenvalue weighted by Crippen LogP contribution is -2.57. The number of benzene rings is 9. The van der Waals surface area contributed by atoms with Gasteiger partial charge in [0.15, 0.2) is 0 Å². The Morgan fingerprint density at radius 3 is 1.75 bits per heavy atom. The van der Waals surface area contributed by atoms with Crippen LogP contribution in [-0.2, 0) is 17.5 Å². The summed E-state index contributed by atoms with van der Waals surface area (Å²) in [5.41, 5.74) is 19.2. The molecule has 0 saturated heterocycles. The summed E-state index contributed by atoms with van der Waals surface area (Å²) >= 11 is 0. The van der Waals surface area contributed by atoms with Crippen molar-refractivity contribution in [2.45, 2.75) is 31.4 Å². The molecule has 0 saturated carbocycles. The first-order valence-corrected chi connectivity index (χ1v) is 22.5. The molecule has 0 aromatic heterocycles. The van der Waals surface area contributed by atoms with Gasteiger partial charge in [-0.2, -0.15) is 0 Å². The Labute approximate surface area is 329 Å². The van der Waals surface area contributed by atoms with Gasteiger partial charge in [-0.1, -0.05) is 184 Å². The summed E-state index contributed by atoms with van der Waals surface area (Å²) < 4.78 is 0. The van der Waals surface area contributed by atoms with E-state index in [1.54, 1.807) is 21.5 Å². The fourth-order valence-electron chi connectivity index (χ4n) is 11.2. The molecule has 2 heterocycles. The summed E-state index contributed by atoms with van der Waals surface area (Å²) in [5.74, 6) is 0. The summed E-state index contributed by atoms with van der Waals surface area (Å²) in [7, 11) is -2.00. The second-order valence-electron chi connectivity index (χ2n) is 16.8. The molecule has 9 aromatic rings. The summed E-state index contributed by atoms with van der Waals surface area (Å²) in [6.45, 7) is 4.77. The zero-order chi connectivity index (χ0) is 37.2. The maximum Gasteiger partial charge on any atom is 0.128 e. The Bertz CT molecular complexity index is 3090. The smallest absolute Gasteiger partial charge is 0.0623 e. The van der Waals surface area contributed by atoms with Crippen LogP contribution in [0, 0.1) is 0 Å². The third-order valence-corrected chi connectivity index (χ3v) is 18.6. The normalized spacial score (nSPS) is 15.1. The molecular formula is C55H40Si. The molecule has 0 bridgehead atoms. The van der Waals surface area contributed by atoms with Gasteiger partial charge in [0, 0.05) is 5.41 Å². The van der Waals surface area contributed by atoms with Crippen molar-refractivity contribution in [3.05, 3.63) is 204 Å². The van der Waals surface area contributed by atoms with E-state index in [1.165, 1.54) is 100 Å². The van der Waals surface area contributed by atoms with Crippen molar-refractivity contribution in [3.8, 4) is 55.6 Å². The van der Waals surface area contributed by atoms with Crippen molar-refractivity contribution in [1.82, 2.24) is 0 Å². The lowest BCUT2D eigenvalue weighted by Gasteiger charge is -2.24. The first kappa shape index (κ1) is 32.0. The van der Waals surface area contributed by atoms with Crippen LogP contribution < -0.4 is 10.4 Å². The molecule has 0 radical (unpaired) electrons. The monoisotopic (exact) mass is 728 g/mol. The quantitative estimate of drug-likeness (QED) is 0.126. The molecule has 56 heavy (non-hydrogen) atoms. The molecule has 1 spiro atoms. The molecule has 0 atom stereocenters. The number of hydrogen-bond donors (Lipinski definition) is 0. The molecule has 12 rings (SSSR count).